The maximum atomic E-state index is 12.1. The van der Waals surface area contributed by atoms with Crippen molar-refractivity contribution in [3.63, 3.8) is 0 Å². The van der Waals surface area contributed by atoms with Gasteiger partial charge < -0.3 is 14.2 Å². The molecule has 0 unspecified atom stereocenters. The van der Waals surface area contributed by atoms with Crippen LogP contribution in [-0.2, 0) is 4.74 Å². The number of carbonyl (C=O) groups excluding carboxylic acids is 1. The highest BCUT2D eigenvalue weighted by Gasteiger charge is 2.14. The summed E-state index contributed by atoms with van der Waals surface area (Å²) < 4.78 is 16.3. The molecule has 3 rings (SSSR count). The summed E-state index contributed by atoms with van der Waals surface area (Å²) in [4.78, 5) is 24.5. The molecule has 0 aliphatic rings. The van der Waals surface area contributed by atoms with Crippen molar-refractivity contribution in [1.29, 1.82) is 0 Å². The van der Waals surface area contributed by atoms with Crippen molar-refractivity contribution >= 4 is 17.3 Å². The van der Waals surface area contributed by atoms with Gasteiger partial charge in [-0.15, -0.1) is 11.3 Å². The van der Waals surface area contributed by atoms with Gasteiger partial charge in [-0.1, -0.05) is 6.92 Å². The summed E-state index contributed by atoms with van der Waals surface area (Å²) in [7, 11) is 0. The van der Waals surface area contributed by atoms with Gasteiger partial charge in [-0.05, 0) is 36.8 Å². The number of aromatic nitrogens is 3. The number of hydrogen-bond donors (Lipinski definition) is 0. The lowest BCUT2D eigenvalue weighted by molar-refractivity contribution is 0.0444. The third-order valence-corrected chi connectivity index (χ3v) is 4.19. The lowest BCUT2D eigenvalue weighted by Crippen LogP contribution is -2.12. The molecule has 7 nitrogen and oxygen atoms in total. The Bertz CT molecular complexity index is 853. The fourth-order valence-corrected chi connectivity index (χ4v) is 2.83. The van der Waals surface area contributed by atoms with Crippen molar-refractivity contribution in [1.82, 2.24) is 15.0 Å². The molecule has 0 atom stereocenters. The first-order chi connectivity index (χ1) is 13.3. The van der Waals surface area contributed by atoms with E-state index in [1.54, 1.807) is 23.8 Å². The molecule has 0 N–H and O–H groups in total. The second-order valence-electron chi connectivity index (χ2n) is 5.41. The van der Waals surface area contributed by atoms with Gasteiger partial charge in [-0.25, -0.2) is 19.7 Å². The monoisotopic (exact) mass is 385 g/mol. The minimum atomic E-state index is -0.500. The lowest BCUT2D eigenvalue weighted by atomic mass is 10.3. The quantitative estimate of drug-likeness (QED) is 0.411. The van der Waals surface area contributed by atoms with Crippen LogP contribution in [0.5, 0.6) is 11.5 Å². The average Bonchev–Trinajstić information content (AvgIpc) is 3.21. The maximum absolute atomic E-state index is 12.1. The Labute approximate surface area is 161 Å². The molecule has 0 bridgehead atoms. The SMILES string of the molecule is CCCOc1ccc(OCCOC(=O)c2csc(-c3ncccn3)n2)cc1. The number of esters is 1. The van der Waals surface area contributed by atoms with Gasteiger partial charge in [-0.3, -0.25) is 0 Å². The molecule has 0 aliphatic carbocycles. The number of carbonyl (C=O) groups is 1. The Hall–Kier alpha value is -3.00. The Balaban J connectivity index is 1.43. The van der Waals surface area contributed by atoms with Crippen LogP contribution in [0.25, 0.3) is 10.8 Å². The number of hydrogen-bond acceptors (Lipinski definition) is 8. The van der Waals surface area contributed by atoms with Gasteiger partial charge in [0.05, 0.1) is 6.61 Å². The molecule has 0 amide bonds. The van der Waals surface area contributed by atoms with Gasteiger partial charge in [0.2, 0.25) is 0 Å². The van der Waals surface area contributed by atoms with Crippen LogP contribution >= 0.6 is 11.3 Å². The molecule has 1 aromatic carbocycles. The maximum Gasteiger partial charge on any atom is 0.357 e. The first-order valence-electron chi connectivity index (χ1n) is 8.52. The summed E-state index contributed by atoms with van der Waals surface area (Å²) in [5, 5.41) is 2.20. The molecule has 3 aromatic rings. The Morgan fingerprint density at radius 2 is 1.67 bits per heavy atom. The van der Waals surface area contributed by atoms with Crippen molar-refractivity contribution in [2.75, 3.05) is 19.8 Å². The van der Waals surface area contributed by atoms with E-state index >= 15 is 0 Å². The standard InChI is InChI=1S/C19H19N3O4S/c1-2-10-24-14-4-6-15(7-5-14)25-11-12-26-19(23)16-13-27-18(22-16)17-20-8-3-9-21-17/h3-9,13H,2,10-12H2,1H3. The van der Waals surface area contributed by atoms with E-state index in [2.05, 4.69) is 21.9 Å². The summed E-state index contributed by atoms with van der Waals surface area (Å²) >= 11 is 1.29. The molecule has 2 aromatic heterocycles. The van der Waals surface area contributed by atoms with Crippen molar-refractivity contribution in [2.45, 2.75) is 13.3 Å². The zero-order valence-corrected chi connectivity index (χ0v) is 15.6. The van der Waals surface area contributed by atoms with Crippen LogP contribution in [0, 0.1) is 0 Å². The topological polar surface area (TPSA) is 83.4 Å². The average molecular weight is 385 g/mol. The third kappa shape index (κ3) is 5.49. The second-order valence-corrected chi connectivity index (χ2v) is 6.27. The highest BCUT2D eigenvalue weighted by molar-refractivity contribution is 7.13. The number of benzene rings is 1. The highest BCUT2D eigenvalue weighted by atomic mass is 32.1. The number of rotatable bonds is 9. The highest BCUT2D eigenvalue weighted by Crippen LogP contribution is 2.20. The molecular formula is C19H19N3O4S. The summed E-state index contributed by atoms with van der Waals surface area (Å²) in [5.41, 5.74) is 0.236. The molecule has 0 saturated heterocycles. The Morgan fingerprint density at radius 1 is 1.00 bits per heavy atom. The summed E-state index contributed by atoms with van der Waals surface area (Å²) in [6, 6.07) is 9.05. The number of thiazole rings is 1. The van der Waals surface area contributed by atoms with Crippen molar-refractivity contribution in [3.05, 3.63) is 53.8 Å². The van der Waals surface area contributed by atoms with E-state index in [1.807, 2.05) is 24.3 Å². The minimum Gasteiger partial charge on any atom is -0.494 e. The molecule has 0 radical (unpaired) electrons. The predicted molar refractivity (Wildman–Crippen MR) is 101 cm³/mol. The molecule has 2 heterocycles. The lowest BCUT2D eigenvalue weighted by Gasteiger charge is -2.08. The molecular weight excluding hydrogens is 366 g/mol. The van der Waals surface area contributed by atoms with Crippen molar-refractivity contribution in [3.8, 4) is 22.3 Å². The number of nitrogens with zero attached hydrogens (tertiary/aromatic N) is 3. The van der Waals surface area contributed by atoms with Crippen molar-refractivity contribution in [2.24, 2.45) is 0 Å². The molecule has 0 aliphatic heterocycles. The summed E-state index contributed by atoms with van der Waals surface area (Å²) in [6.07, 6.45) is 4.21. The van der Waals surface area contributed by atoms with Gasteiger partial charge in [0.25, 0.3) is 0 Å². The van der Waals surface area contributed by atoms with E-state index in [1.165, 1.54) is 11.3 Å². The molecule has 27 heavy (non-hydrogen) atoms. The van der Waals surface area contributed by atoms with E-state index < -0.39 is 5.97 Å². The summed E-state index contributed by atoms with van der Waals surface area (Å²) in [5.74, 6) is 1.47. The summed E-state index contributed by atoms with van der Waals surface area (Å²) in [6.45, 7) is 3.12. The van der Waals surface area contributed by atoms with E-state index in [4.69, 9.17) is 14.2 Å². The number of ether oxygens (including phenoxy) is 3. The smallest absolute Gasteiger partial charge is 0.357 e. The fraction of sp³-hybridized carbons (Fsp3) is 0.263. The molecule has 0 spiro atoms. The molecule has 0 saturated carbocycles. The van der Waals surface area contributed by atoms with Crippen LogP contribution in [0.3, 0.4) is 0 Å². The normalized spacial score (nSPS) is 10.4. The largest absolute Gasteiger partial charge is 0.494 e. The zero-order chi connectivity index (χ0) is 18.9. The van der Waals surface area contributed by atoms with Crippen LogP contribution in [0.15, 0.2) is 48.1 Å². The third-order valence-electron chi connectivity index (χ3n) is 3.35. The first kappa shape index (κ1) is 18.8. The Morgan fingerprint density at radius 3 is 2.33 bits per heavy atom. The van der Waals surface area contributed by atoms with Crippen LogP contribution in [0.4, 0.5) is 0 Å². The van der Waals surface area contributed by atoms with Gasteiger partial charge in [0, 0.05) is 17.8 Å². The fourth-order valence-electron chi connectivity index (χ4n) is 2.10. The van der Waals surface area contributed by atoms with E-state index in [9.17, 15) is 4.79 Å². The van der Waals surface area contributed by atoms with Crippen LogP contribution in [0.1, 0.15) is 23.8 Å². The van der Waals surface area contributed by atoms with Gasteiger partial charge in [-0.2, -0.15) is 0 Å². The van der Waals surface area contributed by atoms with Gasteiger partial charge in [0.15, 0.2) is 16.5 Å². The van der Waals surface area contributed by atoms with E-state index in [0.29, 0.717) is 23.2 Å². The molecule has 0 fully saturated rings. The Kier molecular flexibility index (Phi) is 6.70. The molecule has 140 valence electrons. The second kappa shape index (κ2) is 9.63. The minimum absolute atomic E-state index is 0.127. The van der Waals surface area contributed by atoms with Crippen LogP contribution in [-0.4, -0.2) is 40.7 Å². The molecule has 8 heteroatoms. The zero-order valence-electron chi connectivity index (χ0n) is 14.8. The predicted octanol–water partition coefficient (Wildman–Crippen LogP) is 3.62. The van der Waals surface area contributed by atoms with Crippen molar-refractivity contribution < 1.29 is 19.0 Å². The van der Waals surface area contributed by atoms with E-state index in [0.717, 1.165) is 12.2 Å². The van der Waals surface area contributed by atoms with Gasteiger partial charge >= 0.3 is 5.97 Å². The first-order valence-corrected chi connectivity index (χ1v) is 9.40. The van der Waals surface area contributed by atoms with E-state index in [-0.39, 0.29) is 18.9 Å². The van der Waals surface area contributed by atoms with Gasteiger partial charge in [0.1, 0.15) is 24.7 Å². The van der Waals surface area contributed by atoms with Crippen LogP contribution < -0.4 is 9.47 Å². The van der Waals surface area contributed by atoms with Crippen LogP contribution in [0.2, 0.25) is 0 Å².